The molecule has 7 heteroatoms. The van der Waals surface area contributed by atoms with Crippen molar-refractivity contribution in [2.75, 3.05) is 11.4 Å². The number of nitrogens with zero attached hydrogens (tertiary/aromatic N) is 5. The van der Waals surface area contributed by atoms with Gasteiger partial charge in [-0.2, -0.15) is 5.10 Å². The Hall–Kier alpha value is -2.18. The maximum Gasteiger partial charge on any atom is 0.264 e. The fourth-order valence-corrected chi connectivity index (χ4v) is 3.75. The summed E-state index contributed by atoms with van der Waals surface area (Å²) in [6.07, 6.45) is 7.29. The third-order valence-electron chi connectivity index (χ3n) is 5.39. The Morgan fingerprint density at radius 3 is 2.71 bits per heavy atom. The van der Waals surface area contributed by atoms with Gasteiger partial charge >= 0.3 is 0 Å². The molecule has 3 fully saturated rings. The number of anilines is 1. The lowest BCUT2D eigenvalue weighted by Gasteiger charge is -2.25. The first-order valence-corrected chi connectivity index (χ1v) is 9.05. The van der Waals surface area contributed by atoms with Crippen molar-refractivity contribution in [1.82, 2.24) is 25.0 Å². The van der Waals surface area contributed by atoms with Crippen LogP contribution in [0.25, 0.3) is 0 Å². The molecule has 7 nitrogen and oxygen atoms in total. The smallest absolute Gasteiger partial charge is 0.264 e. The number of aromatic nitrogens is 5. The zero-order valence-electron chi connectivity index (χ0n) is 13.7. The molecular formula is C17H22N6O. The number of hydrogen-bond donors (Lipinski definition) is 1. The first kappa shape index (κ1) is 14.2. The van der Waals surface area contributed by atoms with E-state index in [0.29, 0.717) is 5.92 Å². The fourth-order valence-electron chi connectivity index (χ4n) is 3.75. The van der Waals surface area contributed by atoms with Gasteiger partial charge in [-0.25, -0.2) is 5.10 Å². The highest BCUT2D eigenvalue weighted by Crippen LogP contribution is 2.43. The molecule has 1 N–H and O–H groups in total. The van der Waals surface area contributed by atoms with Gasteiger partial charge in [-0.05, 0) is 50.5 Å². The zero-order valence-corrected chi connectivity index (χ0v) is 13.7. The van der Waals surface area contributed by atoms with Crippen molar-refractivity contribution in [2.45, 2.75) is 57.0 Å². The van der Waals surface area contributed by atoms with Crippen LogP contribution in [0.15, 0.2) is 16.9 Å². The number of hydrogen-bond acceptors (Lipinski definition) is 5. The van der Waals surface area contributed by atoms with Crippen LogP contribution >= 0.6 is 0 Å². The van der Waals surface area contributed by atoms with Gasteiger partial charge in [0.05, 0.1) is 11.7 Å². The van der Waals surface area contributed by atoms with Gasteiger partial charge in [0, 0.05) is 25.1 Å². The van der Waals surface area contributed by atoms with Gasteiger partial charge in [-0.1, -0.05) is 0 Å². The Kier molecular flexibility index (Phi) is 3.21. The van der Waals surface area contributed by atoms with Crippen LogP contribution < -0.4 is 10.5 Å². The molecule has 0 radical (unpaired) electrons. The zero-order chi connectivity index (χ0) is 16.1. The number of nitrogens with one attached hydrogen (secondary N) is 1. The lowest BCUT2D eigenvalue weighted by Crippen LogP contribution is -2.28. The first-order chi connectivity index (χ1) is 11.8. The number of H-pyrrole nitrogens is 1. The molecule has 1 atom stereocenters. The summed E-state index contributed by atoms with van der Waals surface area (Å²) in [6, 6.07) is 3.57. The number of aromatic amines is 1. The predicted octanol–water partition coefficient (Wildman–Crippen LogP) is 1.99. The summed E-state index contributed by atoms with van der Waals surface area (Å²) >= 11 is 0. The van der Waals surface area contributed by atoms with E-state index in [0.717, 1.165) is 43.5 Å². The highest BCUT2D eigenvalue weighted by atomic mass is 16.1. The van der Waals surface area contributed by atoms with E-state index in [-0.39, 0.29) is 11.6 Å². The molecule has 2 saturated carbocycles. The SMILES string of the molecule is O=c1ccc(C2CCCN2c2nnc(C3CC3)n2CC2CC2)n[nH]1. The van der Waals surface area contributed by atoms with Crippen molar-refractivity contribution in [3.05, 3.63) is 34.0 Å². The van der Waals surface area contributed by atoms with Crippen molar-refractivity contribution >= 4 is 5.95 Å². The Labute approximate surface area is 140 Å². The summed E-state index contributed by atoms with van der Waals surface area (Å²) in [7, 11) is 0. The second kappa shape index (κ2) is 5.43. The molecule has 1 saturated heterocycles. The van der Waals surface area contributed by atoms with Crippen LogP contribution in [-0.4, -0.2) is 31.5 Å². The molecule has 126 valence electrons. The normalized spacial score (nSPS) is 23.8. The highest BCUT2D eigenvalue weighted by molar-refractivity contribution is 5.38. The molecule has 0 amide bonds. The maximum atomic E-state index is 11.3. The van der Waals surface area contributed by atoms with Crippen LogP contribution in [0, 0.1) is 5.92 Å². The Morgan fingerprint density at radius 2 is 2.00 bits per heavy atom. The molecule has 1 unspecified atom stereocenters. The molecule has 2 aromatic rings. The van der Waals surface area contributed by atoms with Gasteiger partial charge < -0.3 is 4.90 Å². The Balaban J connectivity index is 1.49. The topological polar surface area (TPSA) is 79.7 Å². The van der Waals surface area contributed by atoms with E-state index in [9.17, 15) is 4.79 Å². The van der Waals surface area contributed by atoms with E-state index in [2.05, 4.69) is 29.9 Å². The van der Waals surface area contributed by atoms with Gasteiger partial charge in [-0.15, -0.1) is 10.2 Å². The highest BCUT2D eigenvalue weighted by Gasteiger charge is 2.37. The van der Waals surface area contributed by atoms with Crippen LogP contribution in [-0.2, 0) is 6.54 Å². The van der Waals surface area contributed by atoms with E-state index >= 15 is 0 Å². The van der Waals surface area contributed by atoms with Crippen LogP contribution in [0.2, 0.25) is 0 Å². The minimum Gasteiger partial charge on any atom is -0.332 e. The van der Waals surface area contributed by atoms with Gasteiger partial charge in [-0.3, -0.25) is 9.36 Å². The van der Waals surface area contributed by atoms with Gasteiger partial charge in [0.2, 0.25) is 5.95 Å². The fraction of sp³-hybridized carbons (Fsp3) is 0.647. The van der Waals surface area contributed by atoms with Crippen LogP contribution in [0.3, 0.4) is 0 Å². The second-order valence-corrected chi connectivity index (χ2v) is 7.38. The maximum absolute atomic E-state index is 11.3. The summed E-state index contributed by atoms with van der Waals surface area (Å²) in [5.74, 6) is 3.58. The molecule has 1 aliphatic heterocycles. The molecule has 2 aromatic heterocycles. The van der Waals surface area contributed by atoms with Crippen molar-refractivity contribution in [3.8, 4) is 0 Å². The van der Waals surface area contributed by atoms with Gasteiger partial charge in [0.1, 0.15) is 5.82 Å². The van der Waals surface area contributed by atoms with E-state index < -0.39 is 0 Å². The largest absolute Gasteiger partial charge is 0.332 e. The molecule has 0 bridgehead atoms. The third kappa shape index (κ3) is 2.52. The van der Waals surface area contributed by atoms with Crippen LogP contribution in [0.1, 0.15) is 62.0 Å². The molecular weight excluding hydrogens is 304 g/mol. The quantitative estimate of drug-likeness (QED) is 0.909. The lowest BCUT2D eigenvalue weighted by atomic mass is 10.1. The molecule has 3 aliphatic rings. The van der Waals surface area contributed by atoms with Crippen molar-refractivity contribution in [1.29, 1.82) is 0 Å². The van der Waals surface area contributed by atoms with E-state index in [4.69, 9.17) is 0 Å². The van der Waals surface area contributed by atoms with Crippen molar-refractivity contribution in [3.63, 3.8) is 0 Å². The monoisotopic (exact) mass is 326 g/mol. The standard InChI is InChI=1S/C17H22N6O/c24-15-8-7-13(18-19-15)14-2-1-9-22(14)17-21-20-16(12-5-6-12)23(17)10-11-3-4-11/h7-8,11-12,14H,1-6,9-10H2,(H,19,24). The van der Waals surface area contributed by atoms with Gasteiger partial charge in [0.25, 0.3) is 5.56 Å². The summed E-state index contributed by atoms with van der Waals surface area (Å²) in [6.45, 7) is 2.02. The van der Waals surface area contributed by atoms with Crippen molar-refractivity contribution < 1.29 is 0 Å². The summed E-state index contributed by atoms with van der Waals surface area (Å²) in [4.78, 5) is 13.6. The summed E-state index contributed by atoms with van der Waals surface area (Å²) < 4.78 is 2.37. The first-order valence-electron chi connectivity index (χ1n) is 9.05. The molecule has 2 aliphatic carbocycles. The lowest BCUT2D eigenvalue weighted by molar-refractivity contribution is 0.574. The molecule has 0 spiro atoms. The van der Waals surface area contributed by atoms with Gasteiger partial charge in [0.15, 0.2) is 0 Å². The molecule has 0 aromatic carbocycles. The number of rotatable bonds is 5. The molecule has 3 heterocycles. The van der Waals surface area contributed by atoms with Crippen LogP contribution in [0.5, 0.6) is 0 Å². The third-order valence-corrected chi connectivity index (χ3v) is 5.39. The second-order valence-electron chi connectivity index (χ2n) is 7.38. The Morgan fingerprint density at radius 1 is 1.12 bits per heavy atom. The van der Waals surface area contributed by atoms with Crippen LogP contribution in [0.4, 0.5) is 5.95 Å². The minimum absolute atomic E-state index is 0.156. The predicted molar refractivity (Wildman–Crippen MR) is 88.9 cm³/mol. The van der Waals surface area contributed by atoms with E-state index in [1.54, 1.807) is 6.07 Å². The van der Waals surface area contributed by atoms with E-state index in [1.807, 2.05) is 6.07 Å². The van der Waals surface area contributed by atoms with E-state index in [1.165, 1.54) is 31.5 Å². The molecule has 24 heavy (non-hydrogen) atoms. The molecule has 5 rings (SSSR count). The van der Waals surface area contributed by atoms with Crippen molar-refractivity contribution in [2.24, 2.45) is 5.92 Å². The summed E-state index contributed by atoms with van der Waals surface area (Å²) in [5.41, 5.74) is 0.761. The Bertz CT molecular complexity index is 783. The minimum atomic E-state index is -0.156. The average Bonchev–Trinajstić information content (AvgIpc) is 3.50. The average molecular weight is 326 g/mol. The summed E-state index contributed by atoms with van der Waals surface area (Å²) in [5, 5.41) is 15.9.